The maximum absolute atomic E-state index is 11.5. The van der Waals surface area contributed by atoms with E-state index in [4.69, 9.17) is 5.73 Å². The van der Waals surface area contributed by atoms with Crippen LogP contribution < -0.4 is 16.4 Å². The highest BCUT2D eigenvalue weighted by Gasteiger charge is 2.20. The molecule has 0 saturated carbocycles. The average Bonchev–Trinajstić information content (AvgIpc) is 2.41. The van der Waals surface area contributed by atoms with Gasteiger partial charge in [-0.3, -0.25) is 4.79 Å². The molecule has 0 aliphatic heterocycles. The van der Waals surface area contributed by atoms with E-state index in [1.165, 1.54) is 11.8 Å². The van der Waals surface area contributed by atoms with Crippen LogP contribution in [0.15, 0.2) is 11.2 Å². The maximum Gasteiger partial charge on any atom is 0.240 e. The van der Waals surface area contributed by atoms with Gasteiger partial charge >= 0.3 is 0 Å². The highest BCUT2D eigenvalue weighted by Crippen LogP contribution is 2.19. The normalized spacial score (nSPS) is 12.2. The van der Waals surface area contributed by atoms with Gasteiger partial charge in [0.15, 0.2) is 5.16 Å². The van der Waals surface area contributed by atoms with Crippen LogP contribution in [0.1, 0.15) is 27.2 Å². The minimum absolute atomic E-state index is 0.0900. The summed E-state index contributed by atoms with van der Waals surface area (Å²) in [7, 11) is 0. The molecule has 0 aromatic carbocycles. The third-order valence-corrected chi connectivity index (χ3v) is 3.27. The fraction of sp³-hybridized carbons (Fsp3) is 0.615. The van der Waals surface area contributed by atoms with E-state index >= 15 is 0 Å². The van der Waals surface area contributed by atoms with E-state index in [-0.39, 0.29) is 11.8 Å². The Kier molecular flexibility index (Phi) is 6.57. The topological polar surface area (TPSA) is 92.9 Å². The number of nitrogens with zero attached hydrogens (tertiary/aromatic N) is 2. The first-order valence-corrected chi connectivity index (χ1v) is 7.93. The Balaban J connectivity index is 2.95. The van der Waals surface area contributed by atoms with Crippen molar-refractivity contribution in [1.82, 2.24) is 9.97 Å². The molecular weight excluding hydrogens is 274 g/mol. The number of carbonyl (C=O) groups excluding carboxylic acids is 1. The highest BCUT2D eigenvalue weighted by atomic mass is 32.2. The van der Waals surface area contributed by atoms with Crippen molar-refractivity contribution in [2.75, 3.05) is 23.4 Å². The number of aromatic nitrogens is 2. The van der Waals surface area contributed by atoms with Gasteiger partial charge in [0.05, 0.1) is 0 Å². The zero-order valence-corrected chi connectivity index (χ0v) is 13.3. The van der Waals surface area contributed by atoms with Crippen molar-refractivity contribution in [3.05, 3.63) is 6.07 Å². The first-order valence-electron chi connectivity index (χ1n) is 6.70. The van der Waals surface area contributed by atoms with Crippen molar-refractivity contribution in [2.45, 2.75) is 38.4 Å². The Morgan fingerprint density at radius 2 is 2.05 bits per heavy atom. The lowest BCUT2D eigenvalue weighted by Gasteiger charge is -2.20. The van der Waals surface area contributed by atoms with Gasteiger partial charge in [0, 0.05) is 12.6 Å². The summed E-state index contributed by atoms with van der Waals surface area (Å²) in [6.45, 7) is 6.81. The molecule has 0 saturated heterocycles. The smallest absolute Gasteiger partial charge is 0.240 e. The van der Waals surface area contributed by atoms with Crippen LogP contribution in [0, 0.1) is 5.92 Å². The van der Waals surface area contributed by atoms with Crippen LogP contribution in [0.2, 0.25) is 0 Å². The van der Waals surface area contributed by atoms with Crippen LogP contribution in [0.5, 0.6) is 0 Å². The second kappa shape index (κ2) is 7.94. The lowest BCUT2D eigenvalue weighted by molar-refractivity contribution is -0.119. The molecule has 1 amide bonds. The molecule has 112 valence electrons. The molecule has 1 aromatic rings. The summed E-state index contributed by atoms with van der Waals surface area (Å²) in [6, 6.07) is 1.35. The molecule has 0 fully saturated rings. The number of rotatable bonds is 8. The molecule has 0 aliphatic carbocycles. The number of anilines is 2. The molecule has 1 aromatic heterocycles. The van der Waals surface area contributed by atoms with Crippen LogP contribution in [0.25, 0.3) is 0 Å². The number of hydrogen-bond donors (Lipinski definition) is 3. The van der Waals surface area contributed by atoms with Crippen molar-refractivity contribution < 1.29 is 4.79 Å². The lowest BCUT2D eigenvalue weighted by atomic mass is 10.0. The zero-order valence-electron chi connectivity index (χ0n) is 12.4. The third-order valence-electron chi connectivity index (χ3n) is 2.72. The molecule has 0 radical (unpaired) electrons. The van der Waals surface area contributed by atoms with Gasteiger partial charge in [0.25, 0.3) is 0 Å². The number of hydrogen-bond acceptors (Lipinski definition) is 6. The Bertz CT molecular complexity index is 452. The van der Waals surface area contributed by atoms with Gasteiger partial charge in [0.2, 0.25) is 5.91 Å². The first kappa shape index (κ1) is 16.6. The molecule has 0 bridgehead atoms. The van der Waals surface area contributed by atoms with E-state index < -0.39 is 6.04 Å². The summed E-state index contributed by atoms with van der Waals surface area (Å²) < 4.78 is 0. The summed E-state index contributed by atoms with van der Waals surface area (Å²) in [4.78, 5) is 20.2. The van der Waals surface area contributed by atoms with Gasteiger partial charge in [-0.05, 0) is 18.6 Å². The quantitative estimate of drug-likeness (QED) is 0.501. The van der Waals surface area contributed by atoms with Crippen molar-refractivity contribution in [3.8, 4) is 0 Å². The molecule has 4 N–H and O–H groups in total. The molecular formula is C13H23N5OS. The fourth-order valence-electron chi connectivity index (χ4n) is 1.66. The molecule has 1 heterocycles. The molecule has 1 rings (SSSR count). The van der Waals surface area contributed by atoms with Gasteiger partial charge in [-0.1, -0.05) is 32.5 Å². The number of carbonyl (C=O) groups is 1. The van der Waals surface area contributed by atoms with Crippen LogP contribution in [0.4, 0.5) is 11.6 Å². The standard InChI is InChI=1S/C13H23N5OS/c1-5-6-15-9-7-10(18-13(17-9)20-4)16-11(8(2)3)12(14)19/h7-8,11H,5-6H2,1-4H3,(H2,14,19)(H2,15,16,17,18). The number of thioether (sulfide) groups is 1. The van der Waals surface area contributed by atoms with Crippen LogP contribution in [0.3, 0.4) is 0 Å². The van der Waals surface area contributed by atoms with Gasteiger partial charge < -0.3 is 16.4 Å². The van der Waals surface area contributed by atoms with Gasteiger partial charge in [-0.15, -0.1) is 0 Å². The Labute approximate surface area is 124 Å². The molecule has 1 atom stereocenters. The monoisotopic (exact) mass is 297 g/mol. The van der Waals surface area contributed by atoms with Gasteiger partial charge in [-0.25, -0.2) is 9.97 Å². The summed E-state index contributed by atoms with van der Waals surface area (Å²) in [5.41, 5.74) is 5.41. The highest BCUT2D eigenvalue weighted by molar-refractivity contribution is 7.98. The fourth-order valence-corrected chi connectivity index (χ4v) is 2.04. The van der Waals surface area contributed by atoms with E-state index in [0.717, 1.165) is 18.8 Å². The van der Waals surface area contributed by atoms with Crippen molar-refractivity contribution in [2.24, 2.45) is 11.7 Å². The van der Waals surface area contributed by atoms with Crippen molar-refractivity contribution in [3.63, 3.8) is 0 Å². The first-order chi connectivity index (χ1) is 9.47. The maximum atomic E-state index is 11.5. The van der Waals surface area contributed by atoms with E-state index in [9.17, 15) is 4.79 Å². The van der Waals surface area contributed by atoms with E-state index in [1.54, 1.807) is 6.07 Å². The lowest BCUT2D eigenvalue weighted by Crippen LogP contribution is -2.39. The minimum Gasteiger partial charge on any atom is -0.370 e. The van der Waals surface area contributed by atoms with Crippen LogP contribution in [-0.4, -0.2) is 34.7 Å². The summed E-state index contributed by atoms with van der Waals surface area (Å²) in [5, 5.41) is 6.96. The molecule has 0 aliphatic rings. The SMILES string of the molecule is CCCNc1cc(NC(C(N)=O)C(C)C)nc(SC)n1. The summed E-state index contributed by atoms with van der Waals surface area (Å²) in [5.74, 6) is 1.07. The summed E-state index contributed by atoms with van der Waals surface area (Å²) >= 11 is 1.46. The zero-order chi connectivity index (χ0) is 15.1. The number of amides is 1. The number of nitrogens with two attached hydrogens (primary N) is 1. The molecule has 0 spiro atoms. The van der Waals surface area contributed by atoms with Gasteiger partial charge in [-0.2, -0.15) is 0 Å². The predicted octanol–water partition coefficient (Wildman–Crippen LogP) is 1.94. The number of nitrogens with one attached hydrogen (secondary N) is 2. The predicted molar refractivity (Wildman–Crippen MR) is 84.0 cm³/mol. The van der Waals surface area contributed by atoms with E-state index in [2.05, 4.69) is 27.5 Å². The second-order valence-electron chi connectivity index (χ2n) is 4.82. The van der Waals surface area contributed by atoms with E-state index in [1.807, 2.05) is 20.1 Å². The van der Waals surface area contributed by atoms with Crippen molar-refractivity contribution in [1.29, 1.82) is 0 Å². The largest absolute Gasteiger partial charge is 0.370 e. The number of primary amides is 1. The van der Waals surface area contributed by atoms with E-state index in [0.29, 0.717) is 11.0 Å². The molecule has 20 heavy (non-hydrogen) atoms. The molecule has 6 nitrogen and oxygen atoms in total. The third kappa shape index (κ3) is 4.88. The second-order valence-corrected chi connectivity index (χ2v) is 5.59. The molecule has 7 heteroatoms. The Hall–Kier alpha value is -1.50. The van der Waals surface area contributed by atoms with Crippen LogP contribution >= 0.6 is 11.8 Å². The van der Waals surface area contributed by atoms with Crippen LogP contribution in [-0.2, 0) is 4.79 Å². The average molecular weight is 297 g/mol. The Morgan fingerprint density at radius 1 is 1.40 bits per heavy atom. The summed E-state index contributed by atoms with van der Waals surface area (Å²) in [6.07, 6.45) is 2.92. The van der Waals surface area contributed by atoms with Crippen molar-refractivity contribution >= 4 is 29.3 Å². The minimum atomic E-state index is -0.446. The Morgan fingerprint density at radius 3 is 2.55 bits per heavy atom. The molecule has 1 unspecified atom stereocenters. The van der Waals surface area contributed by atoms with Gasteiger partial charge in [0.1, 0.15) is 17.7 Å².